The highest BCUT2D eigenvalue weighted by Crippen LogP contribution is 2.28. The van der Waals surface area contributed by atoms with Crippen LogP contribution in [0.25, 0.3) is 0 Å². The normalized spacial score (nSPS) is 13.6. The second-order valence-corrected chi connectivity index (χ2v) is 9.72. The Morgan fingerprint density at radius 1 is 1.00 bits per heavy atom. The number of nitrogens with one attached hydrogen (secondary N) is 1. The molecule has 0 bridgehead atoms. The molecular formula is C23H32N2O3S. The molecule has 2 aromatic carbocycles. The number of hydrogen-bond donors (Lipinski definition) is 1. The van der Waals surface area contributed by atoms with Crippen LogP contribution in [0.1, 0.15) is 54.1 Å². The van der Waals surface area contributed by atoms with Gasteiger partial charge in [0.25, 0.3) is 0 Å². The molecule has 6 heteroatoms. The summed E-state index contributed by atoms with van der Waals surface area (Å²) in [5.41, 5.74) is 5.55. The van der Waals surface area contributed by atoms with Gasteiger partial charge < -0.3 is 5.32 Å². The third-order valence-electron chi connectivity index (χ3n) is 5.19. The van der Waals surface area contributed by atoms with E-state index < -0.39 is 16.1 Å². The fourth-order valence-electron chi connectivity index (χ4n) is 3.61. The SMILES string of the molecule is CC[C@H](C(=O)N[C@@H](C)c1cc(C)ccc1C)N(c1cc(C)ccc1C)S(C)(=O)=O. The minimum atomic E-state index is -3.66. The summed E-state index contributed by atoms with van der Waals surface area (Å²) in [5.74, 6) is -0.299. The van der Waals surface area contributed by atoms with Gasteiger partial charge in [-0.05, 0) is 69.4 Å². The van der Waals surface area contributed by atoms with E-state index in [1.807, 2.05) is 71.9 Å². The molecule has 2 atom stereocenters. The number of benzene rings is 2. The first-order chi connectivity index (χ1) is 13.5. The molecule has 0 spiro atoms. The van der Waals surface area contributed by atoms with Gasteiger partial charge >= 0.3 is 0 Å². The zero-order valence-electron chi connectivity index (χ0n) is 18.4. The van der Waals surface area contributed by atoms with Crippen LogP contribution in [0.2, 0.25) is 0 Å². The second kappa shape index (κ2) is 8.99. The minimum absolute atomic E-state index is 0.225. The highest BCUT2D eigenvalue weighted by Gasteiger charge is 2.33. The number of anilines is 1. The number of rotatable bonds is 7. The summed E-state index contributed by atoms with van der Waals surface area (Å²) in [5, 5.41) is 3.03. The number of amides is 1. The fraction of sp³-hybridized carbons (Fsp3) is 0.435. The van der Waals surface area contributed by atoms with E-state index in [-0.39, 0.29) is 11.9 Å². The molecular weight excluding hydrogens is 384 g/mol. The van der Waals surface area contributed by atoms with E-state index in [0.717, 1.165) is 34.1 Å². The first-order valence-corrected chi connectivity index (χ1v) is 11.7. The van der Waals surface area contributed by atoms with Crippen LogP contribution in [0.15, 0.2) is 36.4 Å². The van der Waals surface area contributed by atoms with E-state index >= 15 is 0 Å². The van der Waals surface area contributed by atoms with Crippen LogP contribution in [0.3, 0.4) is 0 Å². The van der Waals surface area contributed by atoms with E-state index in [2.05, 4.69) is 11.4 Å². The van der Waals surface area contributed by atoms with Crippen molar-refractivity contribution in [1.29, 1.82) is 0 Å². The lowest BCUT2D eigenvalue weighted by Gasteiger charge is -2.32. The highest BCUT2D eigenvalue weighted by atomic mass is 32.2. The molecule has 29 heavy (non-hydrogen) atoms. The van der Waals surface area contributed by atoms with Crippen LogP contribution in [-0.4, -0.2) is 26.6 Å². The zero-order chi connectivity index (χ0) is 21.9. The Hall–Kier alpha value is -2.34. The van der Waals surface area contributed by atoms with Gasteiger partial charge in [0.2, 0.25) is 15.9 Å². The smallest absolute Gasteiger partial charge is 0.244 e. The Morgan fingerprint density at radius 2 is 1.55 bits per heavy atom. The summed E-state index contributed by atoms with van der Waals surface area (Å²) in [7, 11) is -3.66. The van der Waals surface area contributed by atoms with Crippen LogP contribution in [-0.2, 0) is 14.8 Å². The predicted molar refractivity (Wildman–Crippen MR) is 120 cm³/mol. The molecule has 0 aromatic heterocycles. The first-order valence-electron chi connectivity index (χ1n) is 9.89. The van der Waals surface area contributed by atoms with E-state index in [4.69, 9.17) is 0 Å². The Labute approximate surface area is 175 Å². The maximum absolute atomic E-state index is 13.2. The van der Waals surface area contributed by atoms with Crippen molar-refractivity contribution in [2.24, 2.45) is 0 Å². The van der Waals surface area contributed by atoms with Crippen LogP contribution >= 0.6 is 0 Å². The Balaban J connectivity index is 2.41. The molecule has 0 aliphatic carbocycles. The highest BCUT2D eigenvalue weighted by molar-refractivity contribution is 7.92. The van der Waals surface area contributed by atoms with Crippen molar-refractivity contribution in [3.8, 4) is 0 Å². The zero-order valence-corrected chi connectivity index (χ0v) is 19.2. The molecule has 5 nitrogen and oxygen atoms in total. The van der Waals surface area contributed by atoms with Gasteiger partial charge in [0.05, 0.1) is 18.0 Å². The number of sulfonamides is 1. The topological polar surface area (TPSA) is 66.5 Å². The molecule has 0 saturated heterocycles. The molecule has 0 heterocycles. The molecule has 2 rings (SSSR count). The lowest BCUT2D eigenvalue weighted by Crippen LogP contribution is -2.50. The summed E-state index contributed by atoms with van der Waals surface area (Å²) in [4.78, 5) is 13.2. The first kappa shape index (κ1) is 22.9. The minimum Gasteiger partial charge on any atom is -0.348 e. The molecule has 158 valence electrons. The van der Waals surface area contributed by atoms with E-state index in [0.29, 0.717) is 12.1 Å². The number of carbonyl (C=O) groups is 1. The Morgan fingerprint density at radius 3 is 2.10 bits per heavy atom. The summed E-state index contributed by atoms with van der Waals surface area (Å²) < 4.78 is 26.7. The van der Waals surface area contributed by atoms with Gasteiger partial charge in [0, 0.05) is 0 Å². The van der Waals surface area contributed by atoms with Crippen molar-refractivity contribution >= 4 is 21.6 Å². The van der Waals surface area contributed by atoms with Gasteiger partial charge in [-0.1, -0.05) is 42.8 Å². The van der Waals surface area contributed by atoms with Crippen molar-refractivity contribution in [3.05, 3.63) is 64.2 Å². The quantitative estimate of drug-likeness (QED) is 0.730. The van der Waals surface area contributed by atoms with Gasteiger partial charge in [-0.25, -0.2) is 8.42 Å². The number of carbonyl (C=O) groups excluding carboxylic acids is 1. The van der Waals surface area contributed by atoms with Crippen LogP contribution < -0.4 is 9.62 Å². The Kier molecular flexibility index (Phi) is 7.11. The third-order valence-corrected chi connectivity index (χ3v) is 6.36. The molecule has 0 radical (unpaired) electrons. The molecule has 0 saturated carbocycles. The molecule has 2 aromatic rings. The summed E-state index contributed by atoms with van der Waals surface area (Å²) in [6, 6.07) is 10.7. The maximum Gasteiger partial charge on any atom is 0.244 e. The van der Waals surface area contributed by atoms with Crippen LogP contribution in [0.5, 0.6) is 0 Å². The average molecular weight is 417 g/mol. The molecule has 1 N–H and O–H groups in total. The van der Waals surface area contributed by atoms with E-state index in [1.54, 1.807) is 0 Å². The lowest BCUT2D eigenvalue weighted by molar-refractivity contribution is -0.122. The Bertz CT molecular complexity index is 999. The van der Waals surface area contributed by atoms with Crippen molar-refractivity contribution in [1.82, 2.24) is 5.32 Å². The van der Waals surface area contributed by atoms with Crippen molar-refractivity contribution in [2.75, 3.05) is 10.6 Å². The van der Waals surface area contributed by atoms with Crippen LogP contribution in [0.4, 0.5) is 5.69 Å². The van der Waals surface area contributed by atoms with Gasteiger partial charge in [-0.2, -0.15) is 0 Å². The largest absolute Gasteiger partial charge is 0.348 e. The third kappa shape index (κ3) is 5.38. The predicted octanol–water partition coefficient (Wildman–Crippen LogP) is 4.34. The fourth-order valence-corrected chi connectivity index (χ4v) is 4.87. The lowest BCUT2D eigenvalue weighted by atomic mass is 9.99. The number of nitrogens with zero attached hydrogens (tertiary/aromatic N) is 1. The second-order valence-electron chi connectivity index (χ2n) is 7.86. The van der Waals surface area contributed by atoms with Gasteiger partial charge in [-0.15, -0.1) is 0 Å². The molecule has 0 fully saturated rings. The van der Waals surface area contributed by atoms with Gasteiger partial charge in [0.15, 0.2) is 0 Å². The summed E-state index contributed by atoms with van der Waals surface area (Å²) >= 11 is 0. The van der Waals surface area contributed by atoms with Crippen molar-refractivity contribution < 1.29 is 13.2 Å². The summed E-state index contributed by atoms with van der Waals surface area (Å²) in [6.45, 7) is 11.5. The van der Waals surface area contributed by atoms with E-state index in [9.17, 15) is 13.2 Å². The standard InChI is InChI=1S/C23H32N2O3S/c1-8-21(23(26)24-19(6)20-13-15(2)9-11-17(20)4)25(29(7,27)28)22-14-16(3)10-12-18(22)5/h9-14,19,21H,8H2,1-7H3,(H,24,26)/t19-,21+/m0/s1. The molecule has 1 amide bonds. The molecule has 0 unspecified atom stereocenters. The number of hydrogen-bond acceptors (Lipinski definition) is 3. The van der Waals surface area contributed by atoms with Crippen molar-refractivity contribution in [2.45, 2.75) is 60.0 Å². The molecule has 0 aliphatic rings. The van der Waals surface area contributed by atoms with Gasteiger partial charge in [-0.3, -0.25) is 9.10 Å². The molecule has 0 aliphatic heterocycles. The van der Waals surface area contributed by atoms with Crippen LogP contribution in [0, 0.1) is 27.7 Å². The van der Waals surface area contributed by atoms with Crippen molar-refractivity contribution in [3.63, 3.8) is 0 Å². The number of aryl methyl sites for hydroxylation is 4. The maximum atomic E-state index is 13.2. The van der Waals surface area contributed by atoms with Gasteiger partial charge in [0.1, 0.15) is 6.04 Å². The monoisotopic (exact) mass is 416 g/mol. The average Bonchev–Trinajstić information content (AvgIpc) is 2.62. The van der Waals surface area contributed by atoms with E-state index in [1.165, 1.54) is 4.31 Å². The summed E-state index contributed by atoms with van der Waals surface area (Å²) in [6.07, 6.45) is 1.52.